The maximum absolute atomic E-state index is 12.3. The molecule has 26 heavy (non-hydrogen) atoms. The summed E-state index contributed by atoms with van der Waals surface area (Å²) in [6.45, 7) is 0.611. The number of amides is 2. The first-order valence-electron chi connectivity index (χ1n) is 8.49. The summed E-state index contributed by atoms with van der Waals surface area (Å²) >= 11 is 1.38. The number of rotatable bonds is 7. The minimum Gasteiger partial charge on any atom is -0.352 e. The fourth-order valence-corrected chi connectivity index (χ4v) is 3.20. The van der Waals surface area contributed by atoms with Gasteiger partial charge in [0, 0.05) is 17.8 Å². The zero-order valence-electron chi connectivity index (χ0n) is 14.3. The smallest absolute Gasteiger partial charge is 0.265 e. The molecule has 5 heteroatoms. The van der Waals surface area contributed by atoms with Crippen LogP contribution in [-0.2, 0) is 6.42 Å². The van der Waals surface area contributed by atoms with Gasteiger partial charge in [0.05, 0.1) is 4.88 Å². The predicted octanol–water partition coefficient (Wildman–Crippen LogP) is 4.36. The molecule has 0 bridgehead atoms. The fourth-order valence-electron chi connectivity index (χ4n) is 2.58. The molecule has 2 aromatic carbocycles. The maximum Gasteiger partial charge on any atom is 0.265 e. The summed E-state index contributed by atoms with van der Waals surface area (Å²) in [7, 11) is 0. The Hall–Kier alpha value is -2.92. The number of benzene rings is 2. The minimum atomic E-state index is -0.166. The Bertz CT molecular complexity index is 861. The number of thiophene rings is 1. The third-order valence-corrected chi connectivity index (χ3v) is 4.77. The number of carbonyl (C=O) groups excluding carboxylic acids is 2. The number of anilines is 1. The van der Waals surface area contributed by atoms with Gasteiger partial charge in [0.1, 0.15) is 0 Å². The number of hydrogen-bond donors (Lipinski definition) is 2. The molecule has 1 aromatic heterocycles. The summed E-state index contributed by atoms with van der Waals surface area (Å²) in [5, 5.41) is 7.60. The van der Waals surface area contributed by atoms with Crippen molar-refractivity contribution in [1.29, 1.82) is 0 Å². The zero-order valence-corrected chi connectivity index (χ0v) is 15.1. The summed E-state index contributed by atoms with van der Waals surface area (Å²) in [6, 6.07) is 20.8. The van der Waals surface area contributed by atoms with Crippen LogP contribution in [0.3, 0.4) is 0 Å². The van der Waals surface area contributed by atoms with Gasteiger partial charge in [-0.1, -0.05) is 42.5 Å². The van der Waals surface area contributed by atoms with E-state index in [0.29, 0.717) is 22.7 Å². The molecular weight excluding hydrogens is 344 g/mol. The average Bonchev–Trinajstić information content (AvgIpc) is 3.21. The number of carbonyl (C=O) groups is 2. The second-order valence-corrected chi connectivity index (χ2v) is 6.80. The molecule has 0 fully saturated rings. The van der Waals surface area contributed by atoms with Gasteiger partial charge >= 0.3 is 0 Å². The minimum absolute atomic E-state index is 0.134. The molecule has 0 aliphatic heterocycles. The number of nitrogens with one attached hydrogen (secondary N) is 2. The standard InChI is InChI=1S/C21H20N2O2S/c24-20(22-13-5-9-16-7-2-1-3-8-16)17-10-4-11-18(15-17)23-21(25)19-12-6-14-26-19/h1-4,6-8,10-12,14-15H,5,9,13H2,(H,22,24)(H,23,25). The number of hydrogen-bond acceptors (Lipinski definition) is 3. The second kappa shape index (κ2) is 8.97. The molecule has 2 amide bonds. The van der Waals surface area contributed by atoms with Crippen molar-refractivity contribution in [2.45, 2.75) is 12.8 Å². The molecule has 3 aromatic rings. The molecule has 1 heterocycles. The highest BCUT2D eigenvalue weighted by molar-refractivity contribution is 7.12. The second-order valence-electron chi connectivity index (χ2n) is 5.86. The van der Waals surface area contributed by atoms with Gasteiger partial charge in [0.25, 0.3) is 11.8 Å². The Morgan fingerprint density at radius 2 is 1.73 bits per heavy atom. The highest BCUT2D eigenvalue weighted by atomic mass is 32.1. The van der Waals surface area contributed by atoms with E-state index in [4.69, 9.17) is 0 Å². The molecule has 0 atom stereocenters. The molecule has 4 nitrogen and oxygen atoms in total. The Kier molecular flexibility index (Phi) is 6.17. The van der Waals surface area contributed by atoms with Crippen molar-refractivity contribution in [3.8, 4) is 0 Å². The molecule has 0 aliphatic carbocycles. The largest absolute Gasteiger partial charge is 0.352 e. The van der Waals surface area contributed by atoms with Crippen molar-refractivity contribution >= 4 is 28.8 Å². The first-order valence-corrected chi connectivity index (χ1v) is 9.37. The van der Waals surface area contributed by atoms with Gasteiger partial charge in [-0.25, -0.2) is 0 Å². The Morgan fingerprint density at radius 1 is 0.885 bits per heavy atom. The Morgan fingerprint density at radius 3 is 2.50 bits per heavy atom. The molecule has 0 spiro atoms. The molecule has 132 valence electrons. The highest BCUT2D eigenvalue weighted by Gasteiger charge is 2.09. The summed E-state index contributed by atoms with van der Waals surface area (Å²) in [5.41, 5.74) is 2.41. The Labute approximate surface area is 156 Å². The summed E-state index contributed by atoms with van der Waals surface area (Å²) in [6.07, 6.45) is 1.81. The molecular formula is C21H20N2O2S. The summed E-state index contributed by atoms with van der Waals surface area (Å²) in [5.74, 6) is -0.300. The van der Waals surface area contributed by atoms with Gasteiger partial charge in [0.15, 0.2) is 0 Å². The van der Waals surface area contributed by atoms with E-state index in [-0.39, 0.29) is 11.8 Å². The third-order valence-electron chi connectivity index (χ3n) is 3.90. The van der Waals surface area contributed by atoms with Gasteiger partial charge in [-0.3, -0.25) is 9.59 Å². The molecule has 0 saturated heterocycles. The van der Waals surface area contributed by atoms with Crippen molar-refractivity contribution < 1.29 is 9.59 Å². The van der Waals surface area contributed by atoms with Crippen LogP contribution in [0.1, 0.15) is 32.0 Å². The third kappa shape index (κ3) is 5.04. The average molecular weight is 364 g/mol. The van der Waals surface area contributed by atoms with Crippen LogP contribution in [0.2, 0.25) is 0 Å². The Balaban J connectivity index is 1.50. The quantitative estimate of drug-likeness (QED) is 0.612. The molecule has 2 N–H and O–H groups in total. The number of aryl methyl sites for hydroxylation is 1. The lowest BCUT2D eigenvalue weighted by atomic mass is 10.1. The fraction of sp³-hybridized carbons (Fsp3) is 0.143. The topological polar surface area (TPSA) is 58.2 Å². The SMILES string of the molecule is O=C(NCCCc1ccccc1)c1cccc(NC(=O)c2cccs2)c1. The van der Waals surface area contributed by atoms with Crippen molar-refractivity contribution in [1.82, 2.24) is 5.32 Å². The van der Waals surface area contributed by atoms with Crippen LogP contribution in [0.25, 0.3) is 0 Å². The van der Waals surface area contributed by atoms with E-state index in [1.807, 2.05) is 29.6 Å². The van der Waals surface area contributed by atoms with Crippen LogP contribution in [0.5, 0.6) is 0 Å². The molecule has 0 radical (unpaired) electrons. The van der Waals surface area contributed by atoms with E-state index in [1.165, 1.54) is 16.9 Å². The van der Waals surface area contributed by atoms with Crippen LogP contribution in [0.4, 0.5) is 5.69 Å². The predicted molar refractivity (Wildman–Crippen MR) is 106 cm³/mol. The molecule has 0 aliphatic rings. The van der Waals surface area contributed by atoms with E-state index in [2.05, 4.69) is 22.8 Å². The molecule has 3 rings (SSSR count). The van der Waals surface area contributed by atoms with Crippen LogP contribution >= 0.6 is 11.3 Å². The molecule has 0 saturated carbocycles. The van der Waals surface area contributed by atoms with Crippen LogP contribution in [0.15, 0.2) is 72.1 Å². The first kappa shape index (κ1) is 17.9. The highest BCUT2D eigenvalue weighted by Crippen LogP contribution is 2.15. The van der Waals surface area contributed by atoms with Crippen molar-refractivity contribution in [2.75, 3.05) is 11.9 Å². The summed E-state index contributed by atoms with van der Waals surface area (Å²) < 4.78 is 0. The lowest BCUT2D eigenvalue weighted by Crippen LogP contribution is -2.25. The van der Waals surface area contributed by atoms with E-state index in [9.17, 15) is 9.59 Å². The monoisotopic (exact) mass is 364 g/mol. The summed E-state index contributed by atoms with van der Waals surface area (Å²) in [4.78, 5) is 25.0. The molecule has 0 unspecified atom stereocenters. The van der Waals surface area contributed by atoms with E-state index in [1.54, 1.807) is 30.3 Å². The maximum atomic E-state index is 12.3. The van der Waals surface area contributed by atoms with Gasteiger partial charge < -0.3 is 10.6 Å². The normalized spacial score (nSPS) is 10.3. The van der Waals surface area contributed by atoms with Crippen molar-refractivity contribution in [3.05, 3.63) is 88.1 Å². The van der Waals surface area contributed by atoms with Crippen molar-refractivity contribution in [3.63, 3.8) is 0 Å². The van der Waals surface area contributed by atoms with E-state index in [0.717, 1.165) is 12.8 Å². The zero-order chi connectivity index (χ0) is 18.2. The van der Waals surface area contributed by atoms with Crippen LogP contribution in [-0.4, -0.2) is 18.4 Å². The van der Waals surface area contributed by atoms with Crippen molar-refractivity contribution in [2.24, 2.45) is 0 Å². The van der Waals surface area contributed by atoms with Gasteiger partial charge in [-0.05, 0) is 48.1 Å². The van der Waals surface area contributed by atoms with Crippen LogP contribution < -0.4 is 10.6 Å². The van der Waals surface area contributed by atoms with Gasteiger partial charge in [-0.15, -0.1) is 11.3 Å². The first-order chi connectivity index (χ1) is 12.7. The van der Waals surface area contributed by atoms with E-state index < -0.39 is 0 Å². The lowest BCUT2D eigenvalue weighted by Gasteiger charge is -2.08. The van der Waals surface area contributed by atoms with E-state index >= 15 is 0 Å². The lowest BCUT2D eigenvalue weighted by molar-refractivity contribution is 0.0952. The van der Waals surface area contributed by atoms with Gasteiger partial charge in [0.2, 0.25) is 0 Å². The van der Waals surface area contributed by atoms with Gasteiger partial charge in [-0.2, -0.15) is 0 Å². The van der Waals surface area contributed by atoms with Crippen LogP contribution in [0, 0.1) is 0 Å².